The van der Waals surface area contributed by atoms with Crippen molar-refractivity contribution in [3.8, 4) is 0 Å². The normalized spacial score (nSPS) is 58.9. The maximum absolute atomic E-state index is 7.05. The Hall–Kier alpha value is -0.280. The molecule has 0 aliphatic carbocycles. The van der Waals surface area contributed by atoms with Gasteiger partial charge >= 0.3 is 0 Å². The van der Waals surface area contributed by atoms with Crippen LogP contribution in [0.2, 0.25) is 0 Å². The van der Waals surface area contributed by atoms with Crippen LogP contribution >= 0.6 is 0 Å². The highest BCUT2D eigenvalue weighted by Gasteiger charge is 2.69. The molecule has 4 bridgehead atoms. The summed E-state index contributed by atoms with van der Waals surface area (Å²) in [4.78, 5) is 0. The summed E-state index contributed by atoms with van der Waals surface area (Å²) in [5.74, 6) is -1.05. The van der Waals surface area contributed by atoms with Gasteiger partial charge in [-0.05, 0) is 86.0 Å². The first-order valence-electron chi connectivity index (χ1n) is 14.6. The minimum atomic E-state index is -0.732. The molecule has 2 spiro atoms. The van der Waals surface area contributed by atoms with Gasteiger partial charge < -0.3 is 33.2 Å². The quantitative estimate of drug-likeness (QED) is 0.495. The number of ether oxygens (including phenoxy) is 7. The zero-order chi connectivity index (χ0) is 25.4. The summed E-state index contributed by atoms with van der Waals surface area (Å²) in [6.07, 6.45) is 8.60. The van der Waals surface area contributed by atoms with Crippen LogP contribution in [0.1, 0.15) is 106 Å². The van der Waals surface area contributed by atoms with Crippen LogP contribution < -0.4 is 0 Å². The van der Waals surface area contributed by atoms with Crippen molar-refractivity contribution < 1.29 is 33.2 Å². The molecule has 2 unspecified atom stereocenters. The molecule has 7 aliphatic rings. The monoisotopic (exact) mass is 506 g/mol. The topological polar surface area (TPSA) is 64.6 Å². The van der Waals surface area contributed by atoms with E-state index < -0.39 is 22.8 Å². The molecule has 0 N–H and O–H groups in total. The van der Waals surface area contributed by atoms with E-state index in [1.54, 1.807) is 0 Å². The Bertz CT molecular complexity index is 921. The lowest BCUT2D eigenvalue weighted by Crippen LogP contribution is -2.65. The summed E-state index contributed by atoms with van der Waals surface area (Å²) >= 11 is 0. The summed E-state index contributed by atoms with van der Waals surface area (Å²) in [5, 5.41) is 0. The van der Waals surface area contributed by atoms with Gasteiger partial charge in [-0.3, -0.25) is 0 Å². The van der Waals surface area contributed by atoms with Crippen LogP contribution in [-0.4, -0.2) is 70.6 Å². The second-order valence-corrected chi connectivity index (χ2v) is 14.4. The zero-order valence-corrected chi connectivity index (χ0v) is 23.3. The van der Waals surface area contributed by atoms with Crippen LogP contribution in [0.15, 0.2) is 0 Å². The molecule has 0 radical (unpaired) electrons. The van der Waals surface area contributed by atoms with E-state index >= 15 is 0 Å². The van der Waals surface area contributed by atoms with Gasteiger partial charge in [0.25, 0.3) is 0 Å². The molecule has 11 atom stereocenters. The molecule has 36 heavy (non-hydrogen) atoms. The molecule has 0 aromatic heterocycles. The highest BCUT2D eigenvalue weighted by atomic mass is 16.8. The van der Waals surface area contributed by atoms with Crippen molar-refractivity contribution >= 4 is 0 Å². The first-order valence-corrected chi connectivity index (χ1v) is 14.6. The lowest BCUT2D eigenvalue weighted by Gasteiger charge is -2.54. The van der Waals surface area contributed by atoms with E-state index in [0.29, 0.717) is 5.92 Å². The van der Waals surface area contributed by atoms with Crippen LogP contribution in [0.3, 0.4) is 0 Å². The fourth-order valence-corrected chi connectivity index (χ4v) is 8.75. The van der Waals surface area contributed by atoms with Gasteiger partial charge in [-0.2, -0.15) is 0 Å². The average molecular weight is 507 g/mol. The van der Waals surface area contributed by atoms with Gasteiger partial charge in [-0.15, -0.1) is 0 Å². The van der Waals surface area contributed by atoms with Crippen molar-refractivity contribution in [2.45, 2.75) is 177 Å². The molecule has 0 saturated carbocycles. The van der Waals surface area contributed by atoms with Gasteiger partial charge in [0.05, 0.1) is 47.8 Å². The lowest BCUT2D eigenvalue weighted by atomic mass is 9.86. The van der Waals surface area contributed by atoms with Crippen molar-refractivity contribution in [3.63, 3.8) is 0 Å². The standard InChI is InChI=1S/C29H46O7/c1-17-8-14-28(26(6)12-10-21(33-26)24(2,3)35-28)32-20-16-19(30-23(17)20)18-9-15-29(31-18)27(7)13-11-22(34-27)25(4,5)36-29/h17-23H,8-16H2,1-7H3/t17-,18-,19-,20?,21-,22+,23?,26+,27-,28+,29-/m0/s1. The third-order valence-electron chi connectivity index (χ3n) is 11.1. The van der Waals surface area contributed by atoms with E-state index in [2.05, 4.69) is 48.5 Å². The number of rotatable bonds is 1. The Balaban J connectivity index is 1.12. The van der Waals surface area contributed by atoms with E-state index in [1.807, 2.05) is 0 Å². The van der Waals surface area contributed by atoms with Crippen LogP contribution in [0, 0.1) is 5.92 Å². The van der Waals surface area contributed by atoms with Gasteiger partial charge in [-0.25, -0.2) is 0 Å². The van der Waals surface area contributed by atoms with Crippen LogP contribution in [0.25, 0.3) is 0 Å². The van der Waals surface area contributed by atoms with E-state index in [4.69, 9.17) is 33.2 Å². The van der Waals surface area contributed by atoms with Crippen molar-refractivity contribution in [2.75, 3.05) is 0 Å². The Morgan fingerprint density at radius 3 is 1.67 bits per heavy atom. The fraction of sp³-hybridized carbons (Fsp3) is 1.00. The molecular formula is C29H46O7. The maximum Gasteiger partial charge on any atom is 0.198 e. The Morgan fingerprint density at radius 2 is 1.08 bits per heavy atom. The number of hydrogen-bond donors (Lipinski definition) is 0. The number of hydrogen-bond acceptors (Lipinski definition) is 7. The predicted molar refractivity (Wildman–Crippen MR) is 131 cm³/mol. The van der Waals surface area contributed by atoms with Crippen molar-refractivity contribution in [3.05, 3.63) is 0 Å². The van der Waals surface area contributed by atoms with E-state index in [9.17, 15) is 0 Å². The SMILES string of the molecule is C[C@H]1CC[C@@]2(OC3C[C@@H]([C@@H]4CC[C@]5(O4)OC(C)(C)[C@H]4CC[C@]5(C)O4)OC31)OC(C)(C)[C@@H]1CC[C@@]2(C)O1. The van der Waals surface area contributed by atoms with Crippen molar-refractivity contribution in [1.82, 2.24) is 0 Å². The Labute approximate surface area is 216 Å². The molecule has 7 heterocycles. The summed E-state index contributed by atoms with van der Waals surface area (Å²) in [7, 11) is 0. The molecule has 0 aromatic carbocycles. The number of fused-ring (bicyclic) bond motifs is 7. The minimum absolute atomic E-state index is 0.0203. The van der Waals surface area contributed by atoms with Crippen LogP contribution in [0.4, 0.5) is 0 Å². The minimum Gasteiger partial charge on any atom is -0.369 e. The summed E-state index contributed by atoms with van der Waals surface area (Å²) in [6, 6.07) is 0. The molecule has 7 fully saturated rings. The van der Waals surface area contributed by atoms with Crippen molar-refractivity contribution in [2.24, 2.45) is 5.92 Å². The predicted octanol–water partition coefficient (Wildman–Crippen LogP) is 5.02. The largest absolute Gasteiger partial charge is 0.369 e. The average Bonchev–Trinajstić information content (AvgIpc) is 3.54. The zero-order valence-electron chi connectivity index (χ0n) is 23.3. The first kappa shape index (κ1) is 24.7. The molecule has 0 amide bonds. The van der Waals surface area contributed by atoms with Gasteiger partial charge in [0.1, 0.15) is 11.2 Å². The maximum atomic E-state index is 7.05. The van der Waals surface area contributed by atoms with Crippen molar-refractivity contribution in [1.29, 1.82) is 0 Å². The highest BCUT2D eigenvalue weighted by Crippen LogP contribution is 2.59. The second-order valence-electron chi connectivity index (χ2n) is 14.4. The smallest absolute Gasteiger partial charge is 0.198 e. The van der Waals surface area contributed by atoms with E-state index in [-0.39, 0.29) is 47.8 Å². The van der Waals surface area contributed by atoms with Gasteiger partial charge in [0.2, 0.25) is 0 Å². The second kappa shape index (κ2) is 7.47. The van der Waals surface area contributed by atoms with Gasteiger partial charge in [-0.1, -0.05) is 6.92 Å². The highest BCUT2D eigenvalue weighted by molar-refractivity contribution is 5.12. The molecule has 7 nitrogen and oxygen atoms in total. The van der Waals surface area contributed by atoms with Gasteiger partial charge in [0, 0.05) is 19.3 Å². The molecular weight excluding hydrogens is 460 g/mol. The molecule has 7 heteroatoms. The molecule has 7 saturated heterocycles. The fourth-order valence-electron chi connectivity index (χ4n) is 8.75. The third-order valence-corrected chi connectivity index (χ3v) is 11.1. The Morgan fingerprint density at radius 1 is 0.556 bits per heavy atom. The van der Waals surface area contributed by atoms with Crippen LogP contribution in [0.5, 0.6) is 0 Å². The summed E-state index contributed by atoms with van der Waals surface area (Å²) < 4.78 is 47.6. The lowest BCUT2D eigenvalue weighted by molar-refractivity contribution is -0.411. The molecule has 204 valence electrons. The third kappa shape index (κ3) is 3.23. The van der Waals surface area contributed by atoms with Crippen LogP contribution in [-0.2, 0) is 33.2 Å². The molecule has 7 rings (SSSR count). The molecule has 7 aliphatic heterocycles. The first-order chi connectivity index (χ1) is 16.8. The summed E-state index contributed by atoms with van der Waals surface area (Å²) in [6.45, 7) is 15.3. The van der Waals surface area contributed by atoms with E-state index in [1.165, 1.54) is 0 Å². The summed E-state index contributed by atoms with van der Waals surface area (Å²) in [5.41, 5.74) is -1.53. The van der Waals surface area contributed by atoms with E-state index in [0.717, 1.165) is 57.8 Å². The Kier molecular flexibility index (Phi) is 5.13. The molecule has 0 aromatic rings. The van der Waals surface area contributed by atoms with Gasteiger partial charge in [0.15, 0.2) is 11.6 Å².